The highest BCUT2D eigenvalue weighted by atomic mass is 19.1. The Hall–Kier alpha value is -2.67. The molecule has 0 aliphatic rings. The van der Waals surface area contributed by atoms with E-state index in [2.05, 4.69) is 5.16 Å². The van der Waals surface area contributed by atoms with Crippen molar-refractivity contribution >= 4 is 6.21 Å². The van der Waals surface area contributed by atoms with Crippen molar-refractivity contribution in [3.05, 3.63) is 71.0 Å². The second-order valence-corrected chi connectivity index (χ2v) is 3.87. The Balaban J connectivity index is 1.85. The van der Waals surface area contributed by atoms with Crippen molar-refractivity contribution in [2.24, 2.45) is 5.16 Å². The summed E-state index contributed by atoms with van der Waals surface area (Å²) in [6, 6.07) is 15.1. The molecular formula is C15H11FN2O. The fourth-order valence-corrected chi connectivity index (χ4v) is 1.43. The molecule has 0 bridgehead atoms. The van der Waals surface area contributed by atoms with Crippen LogP contribution in [0.25, 0.3) is 0 Å². The molecule has 0 heterocycles. The zero-order valence-corrected chi connectivity index (χ0v) is 10.1. The van der Waals surface area contributed by atoms with Crippen LogP contribution in [0.5, 0.6) is 0 Å². The van der Waals surface area contributed by atoms with Crippen LogP contribution < -0.4 is 0 Å². The molecule has 94 valence electrons. The Morgan fingerprint density at radius 2 is 1.79 bits per heavy atom. The monoisotopic (exact) mass is 254 g/mol. The van der Waals surface area contributed by atoms with Crippen molar-refractivity contribution in [3.8, 4) is 6.07 Å². The molecule has 2 aromatic rings. The topological polar surface area (TPSA) is 45.4 Å². The van der Waals surface area contributed by atoms with E-state index in [4.69, 9.17) is 10.1 Å². The average Bonchev–Trinajstić information content (AvgIpc) is 2.46. The molecule has 4 heteroatoms. The van der Waals surface area contributed by atoms with Crippen LogP contribution in [0.1, 0.15) is 16.7 Å². The van der Waals surface area contributed by atoms with Crippen LogP contribution in [-0.4, -0.2) is 6.21 Å². The van der Waals surface area contributed by atoms with Gasteiger partial charge >= 0.3 is 0 Å². The predicted molar refractivity (Wildman–Crippen MR) is 69.9 cm³/mol. The van der Waals surface area contributed by atoms with Crippen molar-refractivity contribution in [1.82, 2.24) is 0 Å². The van der Waals surface area contributed by atoms with E-state index >= 15 is 0 Å². The smallest absolute Gasteiger partial charge is 0.142 e. The van der Waals surface area contributed by atoms with Gasteiger partial charge in [-0.15, -0.1) is 0 Å². The van der Waals surface area contributed by atoms with E-state index in [9.17, 15) is 4.39 Å². The van der Waals surface area contributed by atoms with E-state index in [-0.39, 0.29) is 5.82 Å². The van der Waals surface area contributed by atoms with Crippen LogP contribution in [0.2, 0.25) is 0 Å². The lowest BCUT2D eigenvalue weighted by atomic mass is 10.2. The zero-order valence-electron chi connectivity index (χ0n) is 10.1. The van der Waals surface area contributed by atoms with Crippen molar-refractivity contribution in [2.45, 2.75) is 6.61 Å². The maximum absolute atomic E-state index is 12.7. The van der Waals surface area contributed by atoms with E-state index in [0.717, 1.165) is 11.1 Å². The molecular weight excluding hydrogens is 243 g/mol. The van der Waals surface area contributed by atoms with Crippen molar-refractivity contribution in [2.75, 3.05) is 0 Å². The van der Waals surface area contributed by atoms with Gasteiger partial charge < -0.3 is 4.84 Å². The largest absolute Gasteiger partial charge is 0.391 e. The number of hydrogen-bond donors (Lipinski definition) is 0. The lowest BCUT2D eigenvalue weighted by Gasteiger charge is -1.99. The Morgan fingerprint density at radius 3 is 2.42 bits per heavy atom. The first-order chi connectivity index (χ1) is 9.28. The normalized spacial score (nSPS) is 10.3. The fraction of sp³-hybridized carbons (Fsp3) is 0.0667. The van der Waals surface area contributed by atoms with Gasteiger partial charge in [0.2, 0.25) is 0 Å². The minimum absolute atomic E-state index is 0.282. The summed E-state index contributed by atoms with van der Waals surface area (Å²) >= 11 is 0. The average molecular weight is 254 g/mol. The summed E-state index contributed by atoms with van der Waals surface area (Å²) in [5.74, 6) is -0.282. The Kier molecular flexibility index (Phi) is 4.25. The van der Waals surface area contributed by atoms with Crippen LogP contribution in [-0.2, 0) is 11.4 Å². The number of nitriles is 1. The molecule has 2 aromatic carbocycles. The molecule has 0 aromatic heterocycles. The molecule has 0 spiro atoms. The molecule has 0 radical (unpaired) electrons. The highest BCUT2D eigenvalue weighted by molar-refractivity contribution is 5.78. The quantitative estimate of drug-likeness (QED) is 0.621. The van der Waals surface area contributed by atoms with Gasteiger partial charge in [0.1, 0.15) is 12.4 Å². The molecule has 0 N–H and O–H groups in total. The molecule has 3 nitrogen and oxygen atoms in total. The molecule has 0 amide bonds. The Bertz CT molecular complexity index is 598. The van der Waals surface area contributed by atoms with Crippen LogP contribution in [0.3, 0.4) is 0 Å². The second kappa shape index (κ2) is 6.31. The van der Waals surface area contributed by atoms with Gasteiger partial charge in [-0.05, 0) is 35.4 Å². The number of nitrogens with zero attached hydrogens (tertiary/aromatic N) is 2. The van der Waals surface area contributed by atoms with E-state index < -0.39 is 0 Å². The third-order valence-electron chi connectivity index (χ3n) is 2.46. The SMILES string of the molecule is N#Cc1ccc(CO/N=C/c2ccc(F)cc2)cc1. The van der Waals surface area contributed by atoms with Crippen LogP contribution in [0.15, 0.2) is 53.7 Å². The molecule has 0 aliphatic heterocycles. The summed E-state index contributed by atoms with van der Waals surface area (Å²) < 4.78 is 12.7. The maximum Gasteiger partial charge on any atom is 0.142 e. The third-order valence-corrected chi connectivity index (χ3v) is 2.46. The van der Waals surface area contributed by atoms with Gasteiger partial charge in [-0.1, -0.05) is 29.4 Å². The molecule has 0 saturated carbocycles. The van der Waals surface area contributed by atoms with Gasteiger partial charge in [0, 0.05) is 0 Å². The summed E-state index contributed by atoms with van der Waals surface area (Å²) in [4.78, 5) is 5.12. The maximum atomic E-state index is 12.7. The molecule has 0 saturated heterocycles. The second-order valence-electron chi connectivity index (χ2n) is 3.87. The molecule has 0 atom stereocenters. The number of benzene rings is 2. The Morgan fingerprint density at radius 1 is 1.11 bits per heavy atom. The van der Waals surface area contributed by atoms with Gasteiger partial charge in [-0.3, -0.25) is 0 Å². The van der Waals surface area contributed by atoms with Gasteiger partial charge in [0.05, 0.1) is 17.8 Å². The van der Waals surface area contributed by atoms with Gasteiger partial charge in [0.15, 0.2) is 0 Å². The zero-order chi connectivity index (χ0) is 13.5. The van der Waals surface area contributed by atoms with E-state index in [0.29, 0.717) is 12.2 Å². The minimum atomic E-state index is -0.282. The van der Waals surface area contributed by atoms with E-state index in [1.54, 1.807) is 24.3 Å². The minimum Gasteiger partial charge on any atom is -0.391 e. The first-order valence-electron chi connectivity index (χ1n) is 5.68. The van der Waals surface area contributed by atoms with Crippen LogP contribution in [0.4, 0.5) is 4.39 Å². The predicted octanol–water partition coefficient (Wildman–Crippen LogP) is 3.25. The molecule has 2 rings (SSSR count). The van der Waals surface area contributed by atoms with Crippen molar-refractivity contribution < 1.29 is 9.23 Å². The number of oxime groups is 1. The Labute approximate surface area is 110 Å². The van der Waals surface area contributed by atoms with Crippen molar-refractivity contribution in [1.29, 1.82) is 5.26 Å². The summed E-state index contributed by atoms with van der Waals surface area (Å²) in [6.45, 7) is 0.323. The summed E-state index contributed by atoms with van der Waals surface area (Å²) in [6.07, 6.45) is 1.52. The highest BCUT2D eigenvalue weighted by Gasteiger charge is 1.94. The van der Waals surface area contributed by atoms with Crippen molar-refractivity contribution in [3.63, 3.8) is 0 Å². The fourth-order valence-electron chi connectivity index (χ4n) is 1.43. The molecule has 0 aliphatic carbocycles. The van der Waals surface area contributed by atoms with E-state index in [1.165, 1.54) is 18.3 Å². The highest BCUT2D eigenvalue weighted by Crippen LogP contribution is 2.05. The standard InChI is InChI=1S/C15H11FN2O/c16-15-7-5-13(6-8-15)10-18-19-11-14-3-1-12(9-17)2-4-14/h1-8,10H,11H2/b18-10+. The van der Waals surface area contributed by atoms with Gasteiger partial charge in [0.25, 0.3) is 0 Å². The van der Waals surface area contributed by atoms with Crippen LogP contribution in [0, 0.1) is 17.1 Å². The molecule has 0 unspecified atom stereocenters. The number of hydrogen-bond acceptors (Lipinski definition) is 3. The number of halogens is 1. The summed E-state index contributed by atoms with van der Waals surface area (Å²) in [5.41, 5.74) is 2.30. The third kappa shape index (κ3) is 3.93. The summed E-state index contributed by atoms with van der Waals surface area (Å²) in [7, 11) is 0. The van der Waals surface area contributed by atoms with Gasteiger partial charge in [-0.25, -0.2) is 4.39 Å². The first kappa shape index (κ1) is 12.8. The summed E-state index contributed by atoms with van der Waals surface area (Å²) in [5, 5.41) is 12.5. The lowest BCUT2D eigenvalue weighted by Crippen LogP contribution is -1.88. The van der Waals surface area contributed by atoms with Gasteiger partial charge in [-0.2, -0.15) is 5.26 Å². The molecule has 0 fully saturated rings. The first-order valence-corrected chi connectivity index (χ1v) is 5.68. The molecule has 19 heavy (non-hydrogen) atoms. The number of rotatable bonds is 4. The van der Waals surface area contributed by atoms with E-state index in [1.807, 2.05) is 18.2 Å². The lowest BCUT2D eigenvalue weighted by molar-refractivity contribution is 0.132. The van der Waals surface area contributed by atoms with Crippen LogP contribution >= 0.6 is 0 Å².